The van der Waals surface area contributed by atoms with E-state index in [-0.39, 0.29) is 5.56 Å². The van der Waals surface area contributed by atoms with Crippen molar-refractivity contribution >= 4 is 5.69 Å². The van der Waals surface area contributed by atoms with Crippen molar-refractivity contribution in [1.82, 2.24) is 0 Å². The second-order valence-electron chi connectivity index (χ2n) is 5.74. The molecule has 1 aliphatic heterocycles. The van der Waals surface area contributed by atoms with Gasteiger partial charge in [0.15, 0.2) is 0 Å². The predicted octanol–water partition coefficient (Wildman–Crippen LogP) is 2.26. The van der Waals surface area contributed by atoms with Crippen LogP contribution in [0.1, 0.15) is 24.8 Å². The Bertz CT molecular complexity index is 523. The highest BCUT2D eigenvalue weighted by atomic mass is 19.1. The molecule has 0 spiro atoms. The number of hydrogen-bond acceptors (Lipinski definition) is 3. The first-order valence-electron chi connectivity index (χ1n) is 6.88. The molecule has 0 radical (unpaired) electrons. The van der Waals surface area contributed by atoms with Crippen LogP contribution in [0.25, 0.3) is 0 Å². The average Bonchev–Trinajstić information content (AvgIpc) is 2.81. The van der Waals surface area contributed by atoms with E-state index in [9.17, 15) is 4.39 Å². The van der Waals surface area contributed by atoms with E-state index in [2.05, 4.69) is 4.90 Å². The Balaban J connectivity index is 1.85. The lowest BCUT2D eigenvalue weighted by atomic mass is 9.79. The highest BCUT2D eigenvalue weighted by Crippen LogP contribution is 2.38. The SMILES string of the molecule is N#Cc1c(F)cccc1N1C[C@H]2CCC(N)C[C@H]2C1. The summed E-state index contributed by atoms with van der Waals surface area (Å²) in [5.74, 6) is 0.819. The lowest BCUT2D eigenvalue weighted by Crippen LogP contribution is -2.32. The summed E-state index contributed by atoms with van der Waals surface area (Å²) in [5, 5.41) is 9.12. The van der Waals surface area contributed by atoms with Crippen LogP contribution < -0.4 is 10.6 Å². The zero-order valence-corrected chi connectivity index (χ0v) is 10.8. The summed E-state index contributed by atoms with van der Waals surface area (Å²) in [6.45, 7) is 1.83. The smallest absolute Gasteiger partial charge is 0.143 e. The minimum absolute atomic E-state index is 0.172. The Kier molecular flexibility index (Phi) is 3.16. The van der Waals surface area contributed by atoms with Gasteiger partial charge in [-0.15, -0.1) is 0 Å². The number of rotatable bonds is 1. The zero-order valence-electron chi connectivity index (χ0n) is 10.8. The molecule has 2 N–H and O–H groups in total. The van der Waals surface area contributed by atoms with Crippen molar-refractivity contribution in [3.8, 4) is 6.07 Å². The Hall–Kier alpha value is -1.60. The zero-order chi connectivity index (χ0) is 13.4. The van der Waals surface area contributed by atoms with Crippen LogP contribution in [-0.2, 0) is 0 Å². The molecule has 100 valence electrons. The van der Waals surface area contributed by atoms with Crippen LogP contribution in [0, 0.1) is 29.0 Å². The number of nitrogens with two attached hydrogens (primary N) is 1. The van der Waals surface area contributed by atoms with Crippen LogP contribution >= 0.6 is 0 Å². The van der Waals surface area contributed by atoms with Crippen LogP contribution in [-0.4, -0.2) is 19.1 Å². The van der Waals surface area contributed by atoms with E-state index < -0.39 is 5.82 Å². The molecule has 1 aliphatic carbocycles. The van der Waals surface area contributed by atoms with Gasteiger partial charge < -0.3 is 10.6 Å². The second-order valence-corrected chi connectivity index (χ2v) is 5.74. The van der Waals surface area contributed by atoms with Gasteiger partial charge in [0.25, 0.3) is 0 Å². The predicted molar refractivity (Wildman–Crippen MR) is 72.1 cm³/mol. The van der Waals surface area contributed by atoms with E-state index in [0.717, 1.165) is 38.0 Å². The molecule has 1 aromatic carbocycles. The number of nitriles is 1. The molecule has 3 atom stereocenters. The maximum absolute atomic E-state index is 13.7. The van der Waals surface area contributed by atoms with Crippen LogP contribution in [0.4, 0.5) is 10.1 Å². The van der Waals surface area contributed by atoms with Crippen molar-refractivity contribution in [2.45, 2.75) is 25.3 Å². The van der Waals surface area contributed by atoms with Crippen molar-refractivity contribution in [2.24, 2.45) is 17.6 Å². The van der Waals surface area contributed by atoms with E-state index in [1.165, 1.54) is 6.07 Å². The van der Waals surface area contributed by atoms with Crippen molar-refractivity contribution < 1.29 is 4.39 Å². The molecule has 1 unspecified atom stereocenters. The highest BCUT2D eigenvalue weighted by molar-refractivity contribution is 5.60. The van der Waals surface area contributed by atoms with E-state index in [1.54, 1.807) is 6.07 Å². The fraction of sp³-hybridized carbons (Fsp3) is 0.533. The first-order chi connectivity index (χ1) is 9.19. The fourth-order valence-corrected chi connectivity index (χ4v) is 3.55. The monoisotopic (exact) mass is 259 g/mol. The number of benzene rings is 1. The minimum atomic E-state index is -0.424. The lowest BCUT2D eigenvalue weighted by molar-refractivity contribution is 0.271. The van der Waals surface area contributed by atoms with Crippen molar-refractivity contribution in [1.29, 1.82) is 5.26 Å². The third-order valence-electron chi connectivity index (χ3n) is 4.53. The Morgan fingerprint density at radius 2 is 2.05 bits per heavy atom. The molecule has 0 bridgehead atoms. The average molecular weight is 259 g/mol. The molecular weight excluding hydrogens is 241 g/mol. The maximum Gasteiger partial charge on any atom is 0.143 e. The van der Waals surface area contributed by atoms with E-state index in [0.29, 0.717) is 17.9 Å². The summed E-state index contributed by atoms with van der Waals surface area (Å²) < 4.78 is 13.7. The van der Waals surface area contributed by atoms with E-state index in [4.69, 9.17) is 11.0 Å². The van der Waals surface area contributed by atoms with Gasteiger partial charge in [0.05, 0.1) is 5.69 Å². The molecule has 3 rings (SSSR count). The fourth-order valence-electron chi connectivity index (χ4n) is 3.55. The molecule has 1 saturated carbocycles. The molecule has 1 heterocycles. The van der Waals surface area contributed by atoms with Gasteiger partial charge in [0.1, 0.15) is 17.4 Å². The van der Waals surface area contributed by atoms with Gasteiger partial charge in [0, 0.05) is 19.1 Å². The first kappa shape index (κ1) is 12.4. The second kappa shape index (κ2) is 4.82. The normalized spacial score (nSPS) is 29.9. The van der Waals surface area contributed by atoms with Crippen LogP contribution in [0.15, 0.2) is 18.2 Å². The Labute approximate surface area is 112 Å². The van der Waals surface area contributed by atoms with Gasteiger partial charge in [-0.2, -0.15) is 5.26 Å². The molecule has 4 heteroatoms. The largest absolute Gasteiger partial charge is 0.370 e. The number of nitrogens with zero attached hydrogens (tertiary/aromatic N) is 2. The summed E-state index contributed by atoms with van der Waals surface area (Å²) in [6.07, 6.45) is 3.29. The Morgan fingerprint density at radius 1 is 1.26 bits per heavy atom. The molecule has 2 aliphatic rings. The van der Waals surface area contributed by atoms with Crippen LogP contribution in [0.2, 0.25) is 0 Å². The van der Waals surface area contributed by atoms with Crippen LogP contribution in [0.5, 0.6) is 0 Å². The topological polar surface area (TPSA) is 53.0 Å². The van der Waals surface area contributed by atoms with Crippen molar-refractivity contribution in [3.05, 3.63) is 29.6 Å². The van der Waals surface area contributed by atoms with Gasteiger partial charge in [-0.05, 0) is 43.2 Å². The number of anilines is 1. The Morgan fingerprint density at radius 3 is 2.84 bits per heavy atom. The van der Waals surface area contributed by atoms with Gasteiger partial charge in [-0.1, -0.05) is 6.07 Å². The van der Waals surface area contributed by atoms with Gasteiger partial charge in [-0.25, -0.2) is 4.39 Å². The first-order valence-corrected chi connectivity index (χ1v) is 6.88. The summed E-state index contributed by atoms with van der Waals surface area (Å²) in [6, 6.07) is 7.17. The van der Waals surface area contributed by atoms with Crippen molar-refractivity contribution in [2.75, 3.05) is 18.0 Å². The van der Waals surface area contributed by atoms with Gasteiger partial charge in [-0.3, -0.25) is 0 Å². The molecule has 2 fully saturated rings. The lowest BCUT2D eigenvalue weighted by Gasteiger charge is -2.27. The van der Waals surface area contributed by atoms with E-state index in [1.807, 2.05) is 12.1 Å². The molecular formula is C15H18FN3. The highest BCUT2D eigenvalue weighted by Gasteiger charge is 2.37. The van der Waals surface area contributed by atoms with E-state index >= 15 is 0 Å². The molecule has 3 nitrogen and oxygen atoms in total. The standard InChI is InChI=1S/C15H18FN3/c16-14-2-1-3-15(13(14)7-17)19-8-10-4-5-12(18)6-11(10)9-19/h1-3,10-12H,4-6,8-9,18H2/t10-,11+,12?/m1/s1. The van der Waals surface area contributed by atoms with Gasteiger partial charge in [0.2, 0.25) is 0 Å². The number of hydrogen-bond donors (Lipinski definition) is 1. The quantitative estimate of drug-likeness (QED) is 0.841. The third kappa shape index (κ3) is 2.19. The third-order valence-corrected chi connectivity index (χ3v) is 4.53. The summed E-state index contributed by atoms with van der Waals surface area (Å²) >= 11 is 0. The summed E-state index contributed by atoms with van der Waals surface area (Å²) in [7, 11) is 0. The number of halogens is 1. The molecule has 0 amide bonds. The van der Waals surface area contributed by atoms with Crippen LogP contribution in [0.3, 0.4) is 0 Å². The molecule has 1 aromatic rings. The molecule has 1 saturated heterocycles. The maximum atomic E-state index is 13.7. The minimum Gasteiger partial charge on any atom is -0.370 e. The van der Waals surface area contributed by atoms with Crippen molar-refractivity contribution in [3.63, 3.8) is 0 Å². The summed E-state index contributed by atoms with van der Waals surface area (Å²) in [5.41, 5.74) is 6.94. The molecule has 0 aromatic heterocycles. The van der Waals surface area contributed by atoms with Gasteiger partial charge >= 0.3 is 0 Å². The molecule has 19 heavy (non-hydrogen) atoms. The summed E-state index contributed by atoms with van der Waals surface area (Å²) in [4.78, 5) is 2.16. The number of fused-ring (bicyclic) bond motifs is 1.